The fourth-order valence-electron chi connectivity index (χ4n) is 7.25. The van der Waals surface area contributed by atoms with Crippen LogP contribution in [0.5, 0.6) is 0 Å². The first-order valence-corrected chi connectivity index (χ1v) is 16.5. The number of fused-ring (bicyclic) bond motifs is 7. The highest BCUT2D eigenvalue weighted by Gasteiger charge is 2.19. The van der Waals surface area contributed by atoms with Gasteiger partial charge in [-0.1, -0.05) is 145 Å². The zero-order valence-electron chi connectivity index (χ0n) is 33.7. The van der Waals surface area contributed by atoms with Gasteiger partial charge < -0.3 is 9.32 Å². The van der Waals surface area contributed by atoms with Crippen LogP contribution in [0.2, 0.25) is 0 Å². The van der Waals surface area contributed by atoms with E-state index in [9.17, 15) is 1.37 Å². The van der Waals surface area contributed by atoms with E-state index in [1.165, 1.54) is 0 Å². The number of furan rings is 1. The number of benzene rings is 9. The predicted octanol–water partition coefficient (Wildman–Crippen LogP) is 13.8. The third kappa shape index (κ3) is 4.57. The van der Waals surface area contributed by atoms with Gasteiger partial charge in [-0.15, -0.1) is 0 Å². The van der Waals surface area contributed by atoms with Crippen molar-refractivity contribution in [1.82, 2.24) is 0 Å². The Morgan fingerprint density at radius 2 is 1.16 bits per heavy atom. The van der Waals surface area contributed by atoms with E-state index < -0.39 is 30.2 Å². The average Bonchev–Trinajstić information content (AvgIpc) is 3.65. The van der Waals surface area contributed by atoms with E-state index in [0.29, 0.717) is 11.4 Å². The second kappa shape index (κ2) is 11.5. The van der Waals surface area contributed by atoms with Crippen LogP contribution in [-0.4, -0.2) is 0 Å². The number of rotatable bonds is 5. The minimum absolute atomic E-state index is 0.00495. The maximum Gasteiger partial charge on any atom is 0.143 e. The lowest BCUT2D eigenvalue weighted by Gasteiger charge is -2.27. The van der Waals surface area contributed by atoms with Crippen molar-refractivity contribution < 1.29 is 14.0 Å². The normalized spacial score (nSPS) is 13.6. The van der Waals surface area contributed by atoms with Gasteiger partial charge in [0, 0.05) is 32.9 Å². The summed E-state index contributed by atoms with van der Waals surface area (Å²) < 4.78 is 68.6. The fourth-order valence-corrected chi connectivity index (χ4v) is 7.25. The Balaban J connectivity index is 1.23. The molecule has 1 heterocycles. The molecule has 2 heteroatoms. The van der Waals surface area contributed by atoms with Crippen LogP contribution in [0.3, 0.4) is 0 Å². The number of hydrogen-bond donors (Lipinski definition) is 0. The number of hydrogen-bond acceptors (Lipinski definition) is 2. The highest BCUT2D eigenvalue weighted by molar-refractivity contribution is 6.19. The third-order valence-electron chi connectivity index (χ3n) is 9.54. The summed E-state index contributed by atoms with van der Waals surface area (Å²) in [6, 6.07) is 45.4. The summed E-state index contributed by atoms with van der Waals surface area (Å²) in [4.78, 5) is 1.78. The minimum Gasteiger partial charge on any atom is -0.455 e. The van der Waals surface area contributed by atoms with Crippen LogP contribution in [-0.2, 0) is 0 Å². The molecule has 2 nitrogen and oxygen atoms in total. The SMILES string of the molecule is [2H]c1c([2H])c([2H])c2c(N(c3ccc(-c4cccc5ccccc45)cc3)c3cccc(-c4cccc5oc6c7ccccc7ccc6c45)c3)c([2H])c([2H])c([2H])c2c1[2H]. The molecule has 1 aromatic heterocycles. The summed E-state index contributed by atoms with van der Waals surface area (Å²) in [5.41, 5.74) is 6.64. The van der Waals surface area contributed by atoms with E-state index >= 15 is 0 Å². The van der Waals surface area contributed by atoms with Crippen molar-refractivity contribution in [2.24, 2.45) is 0 Å². The quantitative estimate of drug-likeness (QED) is 0.185. The molecule has 0 atom stereocenters. The molecule has 9 aromatic carbocycles. The first kappa shape index (κ1) is 22.1. The molecule has 0 aliphatic rings. The fraction of sp³-hybridized carbons (Fsp3) is 0. The van der Waals surface area contributed by atoms with Crippen LogP contribution in [0.4, 0.5) is 17.1 Å². The van der Waals surface area contributed by atoms with Gasteiger partial charge in [0.1, 0.15) is 11.2 Å². The van der Waals surface area contributed by atoms with E-state index in [-0.39, 0.29) is 28.5 Å². The Hall–Kier alpha value is -6.64. The van der Waals surface area contributed by atoms with Crippen LogP contribution in [0.1, 0.15) is 9.60 Å². The van der Waals surface area contributed by atoms with Crippen molar-refractivity contribution >= 4 is 71.3 Å². The summed E-state index contributed by atoms with van der Waals surface area (Å²) in [6.45, 7) is 0. The Morgan fingerprint density at radius 3 is 2.06 bits per heavy atom. The van der Waals surface area contributed by atoms with Gasteiger partial charge in [0.15, 0.2) is 0 Å². The molecular weight excluding hydrogens is 607 g/mol. The molecule has 0 saturated carbocycles. The molecule has 0 saturated heterocycles. The van der Waals surface area contributed by atoms with Gasteiger partial charge in [0.2, 0.25) is 0 Å². The molecule has 234 valence electrons. The van der Waals surface area contributed by atoms with Crippen LogP contribution < -0.4 is 4.90 Å². The van der Waals surface area contributed by atoms with E-state index in [1.54, 1.807) is 4.90 Å². The van der Waals surface area contributed by atoms with Crippen molar-refractivity contribution in [3.05, 3.63) is 188 Å². The van der Waals surface area contributed by atoms with E-state index in [4.69, 9.17) is 12.6 Å². The second-order valence-corrected chi connectivity index (χ2v) is 12.4. The monoisotopic (exact) mass is 644 g/mol. The van der Waals surface area contributed by atoms with Crippen molar-refractivity contribution in [1.29, 1.82) is 0 Å². The van der Waals surface area contributed by atoms with Gasteiger partial charge in [-0.2, -0.15) is 0 Å². The van der Waals surface area contributed by atoms with Crippen LogP contribution in [0.15, 0.2) is 192 Å². The van der Waals surface area contributed by atoms with Gasteiger partial charge in [-0.3, -0.25) is 0 Å². The summed E-state index contributed by atoms with van der Waals surface area (Å²) >= 11 is 0. The molecule has 0 amide bonds. The molecule has 50 heavy (non-hydrogen) atoms. The maximum absolute atomic E-state index is 9.35. The van der Waals surface area contributed by atoms with Crippen molar-refractivity contribution in [3.63, 3.8) is 0 Å². The molecular formula is C48H31NO. The minimum atomic E-state index is -0.495. The van der Waals surface area contributed by atoms with E-state index in [2.05, 4.69) is 48.5 Å². The summed E-state index contributed by atoms with van der Waals surface area (Å²) in [5.74, 6) is 0. The second-order valence-electron chi connectivity index (χ2n) is 12.4. The van der Waals surface area contributed by atoms with Crippen LogP contribution >= 0.6 is 0 Å². The molecule has 0 spiro atoms. The highest BCUT2D eigenvalue weighted by Crippen LogP contribution is 2.43. The summed E-state index contributed by atoms with van der Waals surface area (Å²) in [7, 11) is 0. The smallest absolute Gasteiger partial charge is 0.143 e. The zero-order valence-corrected chi connectivity index (χ0v) is 26.7. The first-order valence-electron chi connectivity index (χ1n) is 20.0. The Bertz CT molecular complexity index is 3270. The molecule has 0 radical (unpaired) electrons. The lowest BCUT2D eigenvalue weighted by atomic mass is 9.97. The lowest BCUT2D eigenvalue weighted by Crippen LogP contribution is -2.10. The van der Waals surface area contributed by atoms with Gasteiger partial charge in [-0.25, -0.2) is 0 Å². The molecule has 0 unspecified atom stereocenters. The average molecular weight is 645 g/mol. The number of anilines is 3. The molecule has 0 aliphatic carbocycles. The standard InChI is InChI=1S/C48H31NO/c1-4-18-39-32(11-1)14-8-21-40(39)35-25-28-37(29-26-35)49(45-23-9-15-33-12-2-5-19-41(33)45)38-17-7-16-36(31-38)42-22-10-24-46-47(42)44-30-27-34-13-3-6-20-43(34)48(44)50-46/h1-31H/i2D,5D,9D,12D,15D,19D,23D. The Morgan fingerprint density at radius 1 is 0.440 bits per heavy atom. The van der Waals surface area contributed by atoms with Crippen LogP contribution in [0, 0.1) is 0 Å². The highest BCUT2D eigenvalue weighted by atomic mass is 16.3. The zero-order chi connectivity index (χ0) is 39.1. The summed E-state index contributed by atoms with van der Waals surface area (Å²) in [5, 5.41) is 6.15. The van der Waals surface area contributed by atoms with E-state index in [1.807, 2.05) is 97.1 Å². The Labute approximate surface area is 299 Å². The van der Waals surface area contributed by atoms with E-state index in [0.717, 1.165) is 65.7 Å². The first-order chi connectivity index (χ1) is 27.7. The van der Waals surface area contributed by atoms with Crippen molar-refractivity contribution in [3.8, 4) is 22.3 Å². The molecule has 10 rings (SSSR count). The van der Waals surface area contributed by atoms with Crippen molar-refractivity contribution in [2.45, 2.75) is 0 Å². The molecule has 0 fully saturated rings. The predicted molar refractivity (Wildman–Crippen MR) is 212 cm³/mol. The van der Waals surface area contributed by atoms with Crippen LogP contribution in [0.25, 0.3) is 76.5 Å². The lowest BCUT2D eigenvalue weighted by molar-refractivity contribution is 0.673. The number of nitrogens with zero attached hydrogens (tertiary/aromatic N) is 1. The van der Waals surface area contributed by atoms with Crippen molar-refractivity contribution in [2.75, 3.05) is 4.90 Å². The molecule has 0 aliphatic heterocycles. The topological polar surface area (TPSA) is 16.4 Å². The molecule has 0 bridgehead atoms. The molecule has 10 aromatic rings. The van der Waals surface area contributed by atoms with Gasteiger partial charge in [-0.05, 0) is 86.2 Å². The Kier molecular flexibility index (Phi) is 5.08. The molecule has 0 N–H and O–H groups in total. The maximum atomic E-state index is 9.35. The third-order valence-corrected chi connectivity index (χ3v) is 9.54. The van der Waals surface area contributed by atoms with Gasteiger partial charge >= 0.3 is 0 Å². The van der Waals surface area contributed by atoms with Gasteiger partial charge in [0.05, 0.1) is 15.3 Å². The largest absolute Gasteiger partial charge is 0.455 e. The van der Waals surface area contributed by atoms with Gasteiger partial charge in [0.25, 0.3) is 0 Å². The summed E-state index contributed by atoms with van der Waals surface area (Å²) in [6.07, 6.45) is 0.